The molecular weight excluding hydrogens is 673 g/mol. The number of H-pyrrole nitrogens is 2. The number of para-hydroxylation sites is 1. The van der Waals surface area contributed by atoms with Crippen LogP contribution in [-0.2, 0) is 27.2 Å². The zero-order valence-electron chi connectivity index (χ0n) is 29.9. The van der Waals surface area contributed by atoms with Crippen LogP contribution in [0.5, 0.6) is 0 Å². The highest BCUT2D eigenvalue weighted by Crippen LogP contribution is 2.44. The number of alkyl carbamates (subject to hydrolysis) is 1. The summed E-state index contributed by atoms with van der Waals surface area (Å²) in [5.74, 6) is 0.859. The number of aromatic nitrogens is 4. The van der Waals surface area contributed by atoms with Crippen LogP contribution in [0.1, 0.15) is 68.0 Å². The van der Waals surface area contributed by atoms with Gasteiger partial charge in [-0.2, -0.15) is 0 Å². The Morgan fingerprint density at radius 1 is 0.849 bits per heavy atom. The van der Waals surface area contributed by atoms with E-state index < -0.39 is 24.3 Å². The molecule has 5 aromatic rings. The number of ether oxygens (including phenoxy) is 1. The van der Waals surface area contributed by atoms with Crippen molar-refractivity contribution in [3.05, 3.63) is 102 Å². The molecule has 0 aliphatic carbocycles. The lowest BCUT2D eigenvalue weighted by Crippen LogP contribution is -2.51. The van der Waals surface area contributed by atoms with Gasteiger partial charge in [0.2, 0.25) is 11.8 Å². The minimum Gasteiger partial charge on any atom is -0.453 e. The monoisotopic (exact) mass is 715 g/mol. The maximum absolute atomic E-state index is 14.7. The maximum atomic E-state index is 14.7. The summed E-state index contributed by atoms with van der Waals surface area (Å²) in [6.45, 7) is 3.56. The van der Waals surface area contributed by atoms with E-state index in [-0.39, 0.29) is 36.7 Å². The molecule has 0 bridgehead atoms. The topological polar surface area (TPSA) is 136 Å². The van der Waals surface area contributed by atoms with E-state index in [9.17, 15) is 18.8 Å². The second kappa shape index (κ2) is 14.0. The number of aryl methyl sites for hydroxylation is 1. The molecule has 3 amide bonds. The fraction of sp³-hybridized carbons (Fsp3) is 0.341. The number of halogens is 1. The molecule has 12 heteroatoms. The van der Waals surface area contributed by atoms with E-state index in [1.54, 1.807) is 6.20 Å². The first-order chi connectivity index (χ1) is 25.7. The largest absolute Gasteiger partial charge is 0.453 e. The lowest BCUT2D eigenvalue weighted by atomic mass is 10.0. The first kappa shape index (κ1) is 34.3. The number of anilines is 1. The summed E-state index contributed by atoms with van der Waals surface area (Å²) in [6, 6.07) is 21.1. The molecule has 3 N–H and O–H groups in total. The van der Waals surface area contributed by atoms with Crippen LogP contribution in [0.25, 0.3) is 33.6 Å². The molecule has 1 fully saturated rings. The number of methoxy groups -OCH3 is 1. The van der Waals surface area contributed by atoms with Crippen LogP contribution in [0.4, 0.5) is 14.9 Å². The smallest absolute Gasteiger partial charge is 0.407 e. The maximum Gasteiger partial charge on any atom is 0.407 e. The average Bonchev–Trinajstić information content (AvgIpc) is 3.97. The quantitative estimate of drug-likeness (QED) is 0.157. The van der Waals surface area contributed by atoms with Crippen molar-refractivity contribution in [3.8, 4) is 33.6 Å². The number of alkyl halides is 1. The van der Waals surface area contributed by atoms with Crippen molar-refractivity contribution in [1.29, 1.82) is 0 Å². The first-order valence-corrected chi connectivity index (χ1v) is 18.2. The fourth-order valence-electron chi connectivity index (χ4n) is 8.00. The summed E-state index contributed by atoms with van der Waals surface area (Å²) in [5.41, 5.74) is 9.17. The molecule has 2 aromatic heterocycles. The number of aromatic amines is 2. The molecule has 3 aliphatic rings. The Bertz CT molecular complexity index is 2160. The lowest BCUT2D eigenvalue weighted by molar-refractivity contribution is -0.135. The van der Waals surface area contributed by atoms with Gasteiger partial charge in [-0.05, 0) is 52.1 Å². The summed E-state index contributed by atoms with van der Waals surface area (Å²) in [4.78, 5) is 58.2. The number of hydrogen-bond acceptors (Lipinski definition) is 6. The highest BCUT2D eigenvalue weighted by atomic mass is 19.1. The van der Waals surface area contributed by atoms with Gasteiger partial charge in [-0.3, -0.25) is 9.59 Å². The minimum absolute atomic E-state index is 0.0731. The Kier molecular flexibility index (Phi) is 9.05. The molecule has 272 valence electrons. The zero-order valence-corrected chi connectivity index (χ0v) is 29.9. The fourth-order valence-corrected chi connectivity index (χ4v) is 8.00. The normalized spacial score (nSPS) is 20.0. The van der Waals surface area contributed by atoms with Crippen LogP contribution in [0.15, 0.2) is 79.1 Å². The summed E-state index contributed by atoms with van der Waals surface area (Å²) in [6.07, 6.45) is 4.83. The highest BCUT2D eigenvalue weighted by Gasteiger charge is 2.42. The second-order valence-corrected chi connectivity index (χ2v) is 14.5. The van der Waals surface area contributed by atoms with E-state index in [0.717, 1.165) is 64.4 Å². The Hall–Kier alpha value is -5.78. The molecule has 53 heavy (non-hydrogen) atoms. The van der Waals surface area contributed by atoms with E-state index in [2.05, 4.69) is 62.7 Å². The zero-order chi connectivity index (χ0) is 36.8. The highest BCUT2D eigenvalue weighted by molar-refractivity contribution is 5.98. The molecule has 8 rings (SSSR count). The van der Waals surface area contributed by atoms with Gasteiger partial charge in [0.15, 0.2) is 0 Å². The average molecular weight is 716 g/mol. The molecule has 4 atom stereocenters. The van der Waals surface area contributed by atoms with Crippen LogP contribution in [0.2, 0.25) is 0 Å². The second-order valence-electron chi connectivity index (χ2n) is 14.5. The number of imidazole rings is 2. The summed E-state index contributed by atoms with van der Waals surface area (Å²) in [7, 11) is 1.24. The third-order valence-electron chi connectivity index (χ3n) is 10.7. The number of nitrogens with one attached hydrogen (secondary N) is 3. The molecular formula is C41H42FN7O4. The van der Waals surface area contributed by atoms with Crippen molar-refractivity contribution >= 4 is 23.6 Å². The first-order valence-electron chi connectivity index (χ1n) is 18.2. The summed E-state index contributed by atoms with van der Waals surface area (Å²) in [5, 5.41) is 2.59. The number of benzene rings is 3. The number of nitrogens with zero attached hydrogens (tertiary/aromatic N) is 4. The van der Waals surface area contributed by atoms with Gasteiger partial charge in [0.1, 0.15) is 23.9 Å². The third-order valence-corrected chi connectivity index (χ3v) is 10.7. The predicted octanol–water partition coefficient (Wildman–Crippen LogP) is 7.09. The Balaban J connectivity index is 0.953. The summed E-state index contributed by atoms with van der Waals surface area (Å²) < 4.78 is 19.4. The number of amides is 3. The van der Waals surface area contributed by atoms with Crippen molar-refractivity contribution in [3.63, 3.8) is 0 Å². The third kappa shape index (κ3) is 6.47. The molecule has 0 unspecified atom stereocenters. The number of carbonyl (C=O) groups is 3. The predicted molar refractivity (Wildman–Crippen MR) is 198 cm³/mol. The number of likely N-dealkylation sites (tertiary alicyclic amines) is 1. The van der Waals surface area contributed by atoms with Gasteiger partial charge in [-0.1, -0.05) is 80.6 Å². The van der Waals surface area contributed by atoms with E-state index in [1.807, 2.05) is 49.2 Å². The number of carbonyl (C=O) groups excluding carboxylic acids is 3. The van der Waals surface area contributed by atoms with Gasteiger partial charge in [0.25, 0.3) is 0 Å². The van der Waals surface area contributed by atoms with Gasteiger partial charge in [-0.15, -0.1) is 0 Å². The van der Waals surface area contributed by atoms with E-state index in [1.165, 1.54) is 23.1 Å². The van der Waals surface area contributed by atoms with E-state index in [4.69, 9.17) is 9.72 Å². The lowest BCUT2D eigenvalue weighted by Gasteiger charge is -2.29. The van der Waals surface area contributed by atoms with E-state index >= 15 is 0 Å². The number of hydrogen-bond donors (Lipinski definition) is 3. The van der Waals surface area contributed by atoms with Crippen LogP contribution >= 0.6 is 0 Å². The van der Waals surface area contributed by atoms with Crippen LogP contribution in [0, 0.1) is 5.92 Å². The number of rotatable bonds is 8. The Morgan fingerprint density at radius 3 is 2.04 bits per heavy atom. The van der Waals surface area contributed by atoms with Gasteiger partial charge in [0.05, 0.1) is 55.2 Å². The minimum atomic E-state index is -1.21. The van der Waals surface area contributed by atoms with Gasteiger partial charge in [-0.25, -0.2) is 19.2 Å². The van der Waals surface area contributed by atoms with Crippen molar-refractivity contribution in [2.45, 2.75) is 70.2 Å². The van der Waals surface area contributed by atoms with Crippen molar-refractivity contribution in [1.82, 2.24) is 30.2 Å². The van der Waals surface area contributed by atoms with Gasteiger partial charge in [0, 0.05) is 19.3 Å². The van der Waals surface area contributed by atoms with Crippen molar-refractivity contribution < 1.29 is 23.5 Å². The molecule has 0 spiro atoms. The van der Waals surface area contributed by atoms with Crippen LogP contribution < -0.4 is 10.2 Å². The van der Waals surface area contributed by atoms with E-state index in [0.29, 0.717) is 12.2 Å². The van der Waals surface area contributed by atoms with Crippen molar-refractivity contribution in [2.24, 2.45) is 5.92 Å². The molecule has 3 aliphatic heterocycles. The Morgan fingerprint density at radius 2 is 1.43 bits per heavy atom. The molecule has 0 saturated carbocycles. The van der Waals surface area contributed by atoms with Gasteiger partial charge < -0.3 is 29.8 Å². The molecule has 3 aromatic carbocycles. The van der Waals surface area contributed by atoms with Crippen LogP contribution in [0.3, 0.4) is 0 Å². The molecule has 0 radical (unpaired) electrons. The standard InChI is InChI=1S/C41H42FN7O4/c1-23(2)36(47-41(52)53-3)40(51)48-22-30(42)19-33(48)38-43-20-31(45-38)26-14-10-24(11-15-26)25-12-16-27(17-13-25)32-21-44-39(46-32)34-18-29-8-4-6-28-7-5-9-35(50)49(34)37(28)29/h4,6,8,10-17,20-21,23,30,33-34,36H,5,7,9,18-19,22H2,1-3H3,(H,43,45)(H,44,46)(H,47,52)/t30-,33-,34-,36-/m0/s1. The van der Waals surface area contributed by atoms with Gasteiger partial charge >= 0.3 is 6.09 Å². The molecule has 5 heterocycles. The van der Waals surface area contributed by atoms with Crippen LogP contribution in [-0.4, -0.2) is 68.6 Å². The Labute approximate surface area is 307 Å². The summed E-state index contributed by atoms with van der Waals surface area (Å²) >= 11 is 0. The SMILES string of the molecule is COC(=O)N[C@H](C(=O)N1C[C@@H](F)C[C@H]1c1ncc(-c2ccc(-c3ccc(-c4cnc([C@@H]5Cc6cccc7c6N5C(=O)CCC7)[nH]4)cc3)cc2)[nH]1)C(C)C. The molecule has 1 saturated heterocycles. The van der Waals surface area contributed by atoms with Crippen molar-refractivity contribution in [2.75, 3.05) is 18.6 Å². The molecule has 11 nitrogen and oxygen atoms in total.